The Labute approximate surface area is 71.5 Å². The Bertz CT molecular complexity index is 268. The van der Waals surface area contributed by atoms with Gasteiger partial charge in [0.2, 0.25) is 0 Å². The molecule has 0 aromatic heterocycles. The molecule has 2 heteroatoms. The van der Waals surface area contributed by atoms with Crippen LogP contribution in [-0.2, 0) is 5.88 Å². The van der Waals surface area contributed by atoms with Gasteiger partial charge in [0, 0.05) is 11.6 Å². The van der Waals surface area contributed by atoms with Crippen LogP contribution in [0.2, 0.25) is 0 Å². The molecule has 0 heterocycles. The third-order valence-electron chi connectivity index (χ3n) is 1.45. The summed E-state index contributed by atoms with van der Waals surface area (Å²) in [4.78, 5) is 0. The number of alkyl halides is 1. The summed E-state index contributed by atoms with van der Waals surface area (Å²) in [6.45, 7) is 3.64. The van der Waals surface area contributed by atoms with E-state index in [1.165, 1.54) is 0 Å². The lowest BCUT2D eigenvalue weighted by molar-refractivity contribution is 1.38. The van der Waals surface area contributed by atoms with E-state index in [4.69, 9.17) is 17.3 Å². The first-order valence-corrected chi connectivity index (χ1v) is 3.87. The van der Waals surface area contributed by atoms with E-state index in [1.54, 1.807) is 0 Å². The summed E-state index contributed by atoms with van der Waals surface area (Å²) < 4.78 is 0. The van der Waals surface area contributed by atoms with E-state index >= 15 is 0 Å². The minimum absolute atomic E-state index is 0.515. The molecule has 0 aliphatic heterocycles. The van der Waals surface area contributed by atoms with Crippen molar-refractivity contribution in [3.05, 3.63) is 42.0 Å². The maximum absolute atomic E-state index is 5.63. The van der Waals surface area contributed by atoms with Crippen LogP contribution in [0.4, 0.5) is 0 Å². The molecule has 0 bridgehead atoms. The summed E-state index contributed by atoms with van der Waals surface area (Å²) in [6, 6.07) is 7.73. The summed E-state index contributed by atoms with van der Waals surface area (Å²) in [5.41, 5.74) is 8.09. The Morgan fingerprint density at radius 1 is 1.55 bits per heavy atom. The Morgan fingerprint density at radius 2 is 2.27 bits per heavy atom. The van der Waals surface area contributed by atoms with Crippen LogP contribution in [-0.4, -0.2) is 0 Å². The van der Waals surface area contributed by atoms with Crippen LogP contribution in [0.3, 0.4) is 0 Å². The zero-order valence-corrected chi connectivity index (χ0v) is 6.93. The second kappa shape index (κ2) is 3.44. The standard InChI is InChI=1S/C9H10ClN/c1-7(11)9-4-2-3-8(5-9)6-10/h2-5H,1,6,11H2. The maximum Gasteiger partial charge on any atom is 0.0474 e. The van der Waals surface area contributed by atoms with Gasteiger partial charge in [-0.05, 0) is 17.2 Å². The Hall–Kier alpha value is -0.950. The zero-order valence-electron chi connectivity index (χ0n) is 6.18. The molecule has 1 rings (SSSR count). The minimum Gasteiger partial charge on any atom is -0.399 e. The molecule has 0 spiro atoms. The van der Waals surface area contributed by atoms with Gasteiger partial charge >= 0.3 is 0 Å². The van der Waals surface area contributed by atoms with E-state index in [0.29, 0.717) is 11.6 Å². The highest BCUT2D eigenvalue weighted by Crippen LogP contribution is 2.11. The first-order chi connectivity index (χ1) is 5.24. The fourth-order valence-electron chi connectivity index (χ4n) is 0.854. The molecule has 0 aliphatic carbocycles. The fourth-order valence-corrected chi connectivity index (χ4v) is 1.02. The van der Waals surface area contributed by atoms with Crippen LogP contribution in [0.1, 0.15) is 11.1 Å². The van der Waals surface area contributed by atoms with Crippen molar-refractivity contribution in [2.75, 3.05) is 0 Å². The summed E-state index contributed by atoms with van der Waals surface area (Å²) >= 11 is 5.63. The molecule has 1 aromatic carbocycles. The third kappa shape index (κ3) is 1.99. The summed E-state index contributed by atoms with van der Waals surface area (Å²) in [6.07, 6.45) is 0. The lowest BCUT2D eigenvalue weighted by Gasteiger charge is -2.00. The average Bonchev–Trinajstić information content (AvgIpc) is 2.05. The Kier molecular flexibility index (Phi) is 2.55. The van der Waals surface area contributed by atoms with E-state index in [1.807, 2.05) is 24.3 Å². The van der Waals surface area contributed by atoms with Gasteiger partial charge in [-0.15, -0.1) is 11.6 Å². The lowest BCUT2D eigenvalue weighted by atomic mass is 10.1. The maximum atomic E-state index is 5.63. The topological polar surface area (TPSA) is 26.0 Å². The number of benzene rings is 1. The molecule has 2 N–H and O–H groups in total. The van der Waals surface area contributed by atoms with E-state index < -0.39 is 0 Å². The first-order valence-electron chi connectivity index (χ1n) is 3.33. The predicted molar refractivity (Wildman–Crippen MR) is 49.2 cm³/mol. The second-order valence-corrected chi connectivity index (χ2v) is 2.63. The molecular weight excluding hydrogens is 158 g/mol. The summed E-state index contributed by atoms with van der Waals surface area (Å²) in [5.74, 6) is 0.515. The summed E-state index contributed by atoms with van der Waals surface area (Å²) in [5, 5.41) is 0. The molecule has 0 saturated carbocycles. The van der Waals surface area contributed by atoms with Crippen molar-refractivity contribution in [2.24, 2.45) is 5.73 Å². The van der Waals surface area contributed by atoms with Crippen molar-refractivity contribution in [2.45, 2.75) is 5.88 Å². The monoisotopic (exact) mass is 167 g/mol. The second-order valence-electron chi connectivity index (χ2n) is 2.36. The average molecular weight is 168 g/mol. The third-order valence-corrected chi connectivity index (χ3v) is 1.76. The fraction of sp³-hybridized carbons (Fsp3) is 0.111. The van der Waals surface area contributed by atoms with Crippen molar-refractivity contribution in [1.29, 1.82) is 0 Å². The molecular formula is C9H10ClN. The number of nitrogens with two attached hydrogens (primary N) is 1. The van der Waals surface area contributed by atoms with Crippen molar-refractivity contribution in [3.8, 4) is 0 Å². The lowest BCUT2D eigenvalue weighted by Crippen LogP contribution is -1.93. The van der Waals surface area contributed by atoms with Gasteiger partial charge in [-0.25, -0.2) is 0 Å². The van der Waals surface area contributed by atoms with Crippen LogP contribution < -0.4 is 5.73 Å². The van der Waals surface area contributed by atoms with Crippen molar-refractivity contribution < 1.29 is 0 Å². The van der Waals surface area contributed by atoms with E-state index in [2.05, 4.69) is 6.58 Å². The predicted octanol–water partition coefficient (Wildman–Crippen LogP) is 2.35. The van der Waals surface area contributed by atoms with Gasteiger partial charge in [-0.3, -0.25) is 0 Å². The van der Waals surface area contributed by atoms with Crippen LogP contribution >= 0.6 is 11.6 Å². The molecule has 1 nitrogen and oxygen atoms in total. The molecule has 11 heavy (non-hydrogen) atoms. The molecule has 0 saturated heterocycles. The quantitative estimate of drug-likeness (QED) is 0.673. The van der Waals surface area contributed by atoms with Gasteiger partial charge in [-0.1, -0.05) is 24.8 Å². The normalized spacial score (nSPS) is 9.55. The van der Waals surface area contributed by atoms with E-state index in [0.717, 1.165) is 11.1 Å². The van der Waals surface area contributed by atoms with Crippen molar-refractivity contribution in [3.63, 3.8) is 0 Å². The molecule has 0 atom stereocenters. The largest absolute Gasteiger partial charge is 0.399 e. The highest BCUT2D eigenvalue weighted by molar-refractivity contribution is 6.17. The first kappa shape index (κ1) is 8.15. The van der Waals surface area contributed by atoms with Gasteiger partial charge in [0.15, 0.2) is 0 Å². The smallest absolute Gasteiger partial charge is 0.0474 e. The molecule has 58 valence electrons. The van der Waals surface area contributed by atoms with Crippen LogP contribution in [0.5, 0.6) is 0 Å². The molecule has 0 unspecified atom stereocenters. The van der Waals surface area contributed by atoms with Gasteiger partial charge in [0.1, 0.15) is 0 Å². The van der Waals surface area contributed by atoms with Crippen LogP contribution in [0, 0.1) is 0 Å². The number of rotatable bonds is 2. The molecule has 0 aliphatic rings. The molecule has 0 fully saturated rings. The number of hydrogen-bond donors (Lipinski definition) is 1. The molecule has 0 radical (unpaired) electrons. The van der Waals surface area contributed by atoms with Gasteiger partial charge < -0.3 is 5.73 Å². The van der Waals surface area contributed by atoms with Gasteiger partial charge in [-0.2, -0.15) is 0 Å². The van der Waals surface area contributed by atoms with Gasteiger partial charge in [0.25, 0.3) is 0 Å². The number of halogens is 1. The number of hydrogen-bond acceptors (Lipinski definition) is 1. The highest BCUT2D eigenvalue weighted by atomic mass is 35.5. The van der Waals surface area contributed by atoms with E-state index in [9.17, 15) is 0 Å². The van der Waals surface area contributed by atoms with Crippen molar-refractivity contribution in [1.82, 2.24) is 0 Å². The Morgan fingerprint density at radius 3 is 2.82 bits per heavy atom. The van der Waals surface area contributed by atoms with Crippen LogP contribution in [0.15, 0.2) is 30.8 Å². The Balaban J connectivity index is 3.01. The highest BCUT2D eigenvalue weighted by Gasteiger charge is 1.94. The van der Waals surface area contributed by atoms with Crippen molar-refractivity contribution >= 4 is 17.3 Å². The molecule has 0 amide bonds. The van der Waals surface area contributed by atoms with Gasteiger partial charge in [0.05, 0.1) is 0 Å². The van der Waals surface area contributed by atoms with Crippen LogP contribution in [0.25, 0.3) is 5.70 Å². The molecule has 1 aromatic rings. The summed E-state index contributed by atoms with van der Waals surface area (Å²) in [7, 11) is 0. The zero-order chi connectivity index (χ0) is 8.27. The van der Waals surface area contributed by atoms with E-state index in [-0.39, 0.29) is 0 Å². The minimum atomic E-state index is 0.515. The SMILES string of the molecule is C=C(N)c1cccc(CCl)c1.